The highest BCUT2D eigenvalue weighted by Crippen LogP contribution is 2.41. The molecule has 0 saturated heterocycles. The van der Waals surface area contributed by atoms with E-state index in [2.05, 4.69) is 15.2 Å². The van der Waals surface area contributed by atoms with Crippen molar-refractivity contribution in [2.45, 2.75) is 29.7 Å². The first kappa shape index (κ1) is 21.4. The molecule has 1 saturated carbocycles. The number of nitrogens with zero attached hydrogens (tertiary/aromatic N) is 5. The molecule has 1 aliphatic rings. The predicted octanol–water partition coefficient (Wildman–Crippen LogP) is 4.01. The molecule has 0 bridgehead atoms. The Balaban J connectivity index is 1.65. The van der Waals surface area contributed by atoms with Gasteiger partial charge in [-0.25, -0.2) is 22.5 Å². The SMILES string of the molecule is COc1ncc(-n2c(SCc3c(F)cc(F)cc3F)nn3ncc(C4CC4)c3c2=O)cc1F. The van der Waals surface area contributed by atoms with Gasteiger partial charge in [0.15, 0.2) is 16.5 Å². The molecular weight excluding hydrogens is 462 g/mol. The molecular formula is C21H15F4N5O2S. The Labute approximate surface area is 188 Å². The van der Waals surface area contributed by atoms with Crippen LogP contribution in [0.1, 0.15) is 29.9 Å². The van der Waals surface area contributed by atoms with Gasteiger partial charge >= 0.3 is 0 Å². The number of rotatable bonds is 6. The van der Waals surface area contributed by atoms with Gasteiger partial charge in [-0.2, -0.15) is 5.10 Å². The molecule has 0 amide bonds. The van der Waals surface area contributed by atoms with E-state index in [0.29, 0.717) is 12.1 Å². The van der Waals surface area contributed by atoms with Crippen LogP contribution < -0.4 is 10.3 Å². The van der Waals surface area contributed by atoms with Gasteiger partial charge in [-0.1, -0.05) is 11.8 Å². The number of aromatic nitrogens is 5. The van der Waals surface area contributed by atoms with Crippen molar-refractivity contribution in [2.24, 2.45) is 0 Å². The minimum Gasteiger partial charge on any atom is -0.479 e. The normalized spacial score (nSPS) is 13.6. The van der Waals surface area contributed by atoms with Crippen LogP contribution in [0.4, 0.5) is 17.6 Å². The summed E-state index contributed by atoms with van der Waals surface area (Å²) in [6, 6.07) is 2.20. The molecule has 1 aromatic carbocycles. The summed E-state index contributed by atoms with van der Waals surface area (Å²) in [4.78, 5) is 17.4. The number of pyridine rings is 1. The molecule has 3 heterocycles. The molecule has 0 atom stereocenters. The second-order valence-corrected chi connectivity index (χ2v) is 8.40. The van der Waals surface area contributed by atoms with Crippen molar-refractivity contribution in [3.8, 4) is 11.6 Å². The first-order valence-corrected chi connectivity index (χ1v) is 10.8. The Morgan fingerprint density at radius 1 is 1.09 bits per heavy atom. The highest BCUT2D eigenvalue weighted by molar-refractivity contribution is 7.98. The van der Waals surface area contributed by atoms with Gasteiger partial charge in [0.25, 0.3) is 5.56 Å². The third-order valence-electron chi connectivity index (χ3n) is 5.27. The molecule has 1 aliphatic carbocycles. The predicted molar refractivity (Wildman–Crippen MR) is 111 cm³/mol. The molecule has 12 heteroatoms. The zero-order chi connectivity index (χ0) is 23.3. The zero-order valence-electron chi connectivity index (χ0n) is 17.1. The Morgan fingerprint density at radius 2 is 1.82 bits per heavy atom. The summed E-state index contributed by atoms with van der Waals surface area (Å²) in [5, 5.41) is 8.49. The maximum atomic E-state index is 14.4. The van der Waals surface area contributed by atoms with Crippen molar-refractivity contribution in [1.82, 2.24) is 24.4 Å². The van der Waals surface area contributed by atoms with Gasteiger partial charge in [-0.3, -0.25) is 9.36 Å². The van der Waals surface area contributed by atoms with Gasteiger partial charge in [0.05, 0.1) is 25.2 Å². The van der Waals surface area contributed by atoms with Gasteiger partial charge in [0, 0.05) is 35.1 Å². The molecule has 0 aliphatic heterocycles. The molecule has 0 N–H and O–H groups in total. The topological polar surface area (TPSA) is 74.3 Å². The van der Waals surface area contributed by atoms with Gasteiger partial charge in [-0.15, -0.1) is 9.73 Å². The van der Waals surface area contributed by atoms with Crippen LogP contribution >= 0.6 is 11.8 Å². The average molecular weight is 477 g/mol. The molecule has 4 aromatic rings. The van der Waals surface area contributed by atoms with Crippen molar-refractivity contribution in [2.75, 3.05) is 7.11 Å². The van der Waals surface area contributed by atoms with E-state index in [1.54, 1.807) is 6.20 Å². The quantitative estimate of drug-likeness (QED) is 0.309. The van der Waals surface area contributed by atoms with Gasteiger partial charge in [0.2, 0.25) is 5.88 Å². The number of halogens is 4. The summed E-state index contributed by atoms with van der Waals surface area (Å²) in [5.41, 5.74) is 0.102. The standard InChI is InChI=1S/C21H15F4N5O2S/c1-32-19-17(25)6-12(7-26-19)29-20(31)18-13(10-2-3-10)8-27-30(18)28-21(29)33-9-14-15(23)4-11(22)5-16(14)24/h4-8,10H,2-3,9H2,1H3. The van der Waals surface area contributed by atoms with Crippen molar-refractivity contribution in [3.63, 3.8) is 0 Å². The third-order valence-corrected chi connectivity index (χ3v) is 6.23. The summed E-state index contributed by atoms with van der Waals surface area (Å²) in [6.45, 7) is 0. The third kappa shape index (κ3) is 3.84. The molecule has 7 nitrogen and oxygen atoms in total. The van der Waals surface area contributed by atoms with Crippen molar-refractivity contribution in [1.29, 1.82) is 0 Å². The van der Waals surface area contributed by atoms with Gasteiger partial charge in [0.1, 0.15) is 17.5 Å². The highest BCUT2D eigenvalue weighted by Gasteiger charge is 2.30. The molecule has 1 fully saturated rings. The van der Waals surface area contributed by atoms with E-state index in [1.807, 2.05) is 0 Å². The number of methoxy groups -OCH3 is 1. The van der Waals surface area contributed by atoms with Crippen LogP contribution in [0.5, 0.6) is 5.88 Å². The number of benzene rings is 1. The highest BCUT2D eigenvalue weighted by atomic mass is 32.2. The van der Waals surface area contributed by atoms with Crippen molar-refractivity contribution in [3.05, 3.63) is 75.3 Å². The Morgan fingerprint density at radius 3 is 2.45 bits per heavy atom. The van der Waals surface area contributed by atoms with Gasteiger partial charge < -0.3 is 4.74 Å². The molecule has 0 unspecified atom stereocenters. The maximum absolute atomic E-state index is 14.4. The van der Waals surface area contributed by atoms with E-state index >= 15 is 0 Å². The summed E-state index contributed by atoms with van der Waals surface area (Å²) >= 11 is 0.814. The number of fused-ring (bicyclic) bond motifs is 1. The Kier molecular flexibility index (Phi) is 5.31. The lowest BCUT2D eigenvalue weighted by Gasteiger charge is -2.13. The fourth-order valence-corrected chi connectivity index (χ4v) is 4.50. The number of hydrogen-bond acceptors (Lipinski definition) is 6. The maximum Gasteiger partial charge on any atom is 0.285 e. The lowest BCUT2D eigenvalue weighted by atomic mass is 10.2. The molecule has 5 rings (SSSR count). The lowest BCUT2D eigenvalue weighted by Crippen LogP contribution is -2.25. The van der Waals surface area contributed by atoms with E-state index in [0.717, 1.165) is 40.8 Å². The Bertz CT molecular complexity index is 1430. The lowest BCUT2D eigenvalue weighted by molar-refractivity contribution is 0.368. The van der Waals surface area contributed by atoms with Gasteiger partial charge in [-0.05, 0) is 18.8 Å². The van der Waals surface area contributed by atoms with E-state index < -0.39 is 28.8 Å². The van der Waals surface area contributed by atoms with Crippen LogP contribution in [0.15, 0.2) is 40.5 Å². The van der Waals surface area contributed by atoms with Crippen LogP contribution in [0.25, 0.3) is 11.2 Å². The number of thioether (sulfide) groups is 1. The number of hydrogen-bond donors (Lipinski definition) is 0. The summed E-state index contributed by atoms with van der Waals surface area (Å²) in [7, 11) is 1.26. The van der Waals surface area contributed by atoms with Crippen LogP contribution in [0.3, 0.4) is 0 Å². The van der Waals surface area contributed by atoms with E-state index in [1.165, 1.54) is 17.9 Å². The van der Waals surface area contributed by atoms with Crippen LogP contribution in [-0.2, 0) is 5.75 Å². The monoisotopic (exact) mass is 477 g/mol. The van der Waals surface area contributed by atoms with Crippen molar-refractivity contribution < 1.29 is 22.3 Å². The van der Waals surface area contributed by atoms with Crippen LogP contribution in [0.2, 0.25) is 0 Å². The van der Waals surface area contributed by atoms with Crippen LogP contribution in [-0.4, -0.2) is 31.5 Å². The molecule has 170 valence electrons. The number of ether oxygens (including phenoxy) is 1. The van der Waals surface area contributed by atoms with E-state index in [-0.39, 0.29) is 39.5 Å². The van der Waals surface area contributed by atoms with E-state index in [4.69, 9.17) is 4.74 Å². The smallest absolute Gasteiger partial charge is 0.285 e. The molecule has 3 aromatic heterocycles. The first-order chi connectivity index (χ1) is 15.9. The largest absolute Gasteiger partial charge is 0.479 e. The fourth-order valence-electron chi connectivity index (χ4n) is 3.50. The average Bonchev–Trinajstić information content (AvgIpc) is 3.52. The molecule has 0 radical (unpaired) electrons. The minimum absolute atomic E-state index is 0.00700. The second-order valence-electron chi connectivity index (χ2n) is 7.46. The summed E-state index contributed by atoms with van der Waals surface area (Å²) in [6.07, 6.45) is 4.63. The zero-order valence-corrected chi connectivity index (χ0v) is 17.9. The molecule has 33 heavy (non-hydrogen) atoms. The minimum atomic E-state index is -1.07. The summed E-state index contributed by atoms with van der Waals surface area (Å²) in [5.74, 6) is -4.35. The second kappa shape index (κ2) is 8.18. The summed E-state index contributed by atoms with van der Waals surface area (Å²) < 4.78 is 63.0. The van der Waals surface area contributed by atoms with Crippen molar-refractivity contribution >= 4 is 17.3 Å². The molecule has 0 spiro atoms. The van der Waals surface area contributed by atoms with E-state index in [9.17, 15) is 22.4 Å². The first-order valence-electron chi connectivity index (χ1n) is 9.84. The van der Waals surface area contributed by atoms with Crippen LogP contribution in [0, 0.1) is 23.3 Å². The Hall–Kier alpha value is -3.41. The fraction of sp³-hybridized carbons (Fsp3) is 0.238.